The van der Waals surface area contributed by atoms with Gasteiger partial charge in [0, 0.05) is 0 Å². The van der Waals surface area contributed by atoms with Crippen LogP contribution in [0, 0.1) is 0 Å². The Kier molecular flexibility index (Phi) is 11.4. The molecule has 1 unspecified atom stereocenters. The first-order valence-electron chi connectivity index (χ1n) is 11.3. The molecule has 1 aromatic heterocycles. The Morgan fingerprint density at radius 2 is 1.25 bits per heavy atom. The summed E-state index contributed by atoms with van der Waals surface area (Å²) in [5.41, 5.74) is 0. The van der Waals surface area contributed by atoms with Crippen molar-refractivity contribution in [1.82, 2.24) is 0 Å². The molecule has 3 nitrogen and oxygen atoms in total. The Bertz CT molecular complexity index is 665. The van der Waals surface area contributed by atoms with E-state index in [0.29, 0.717) is 13.2 Å². The minimum atomic E-state index is -1.13. The van der Waals surface area contributed by atoms with Gasteiger partial charge in [0.15, 0.2) is 15.8 Å². The van der Waals surface area contributed by atoms with Gasteiger partial charge in [-0.15, -0.1) is 0 Å². The highest BCUT2D eigenvalue weighted by Crippen LogP contribution is 2.43. The van der Waals surface area contributed by atoms with Gasteiger partial charge >= 0.3 is 0 Å². The number of ether oxygens (including phenoxy) is 2. The summed E-state index contributed by atoms with van der Waals surface area (Å²) in [4.78, 5) is 0. The van der Waals surface area contributed by atoms with Gasteiger partial charge in [-0.2, -0.15) is 0 Å². The fourth-order valence-corrected chi connectivity index (χ4v) is 4.62. The zero-order chi connectivity index (χ0) is 20.0. The first-order chi connectivity index (χ1) is 13.8. The number of hydrogen-bond donors (Lipinski definition) is 0. The predicted octanol–water partition coefficient (Wildman–Crippen LogP) is 8.05. The van der Waals surface area contributed by atoms with E-state index in [1.54, 1.807) is 5.38 Å². The van der Waals surface area contributed by atoms with Crippen LogP contribution in [0.2, 0.25) is 0 Å². The minimum Gasteiger partial charge on any atom is -0.590 e. The highest BCUT2D eigenvalue weighted by Gasteiger charge is 2.18. The van der Waals surface area contributed by atoms with Crippen LogP contribution in [0.25, 0.3) is 10.1 Å². The Morgan fingerprint density at radius 1 is 0.714 bits per heavy atom. The lowest BCUT2D eigenvalue weighted by atomic mass is 10.1. The average Bonchev–Trinajstić information content (AvgIpc) is 3.03. The van der Waals surface area contributed by atoms with Crippen molar-refractivity contribution in [1.29, 1.82) is 0 Å². The number of thiophene rings is 1. The van der Waals surface area contributed by atoms with Crippen LogP contribution in [0.15, 0.2) is 23.6 Å². The molecule has 0 saturated heterocycles. The van der Waals surface area contributed by atoms with Crippen LogP contribution in [0.3, 0.4) is 0 Å². The van der Waals surface area contributed by atoms with Crippen molar-refractivity contribution in [3.05, 3.63) is 23.6 Å². The van der Waals surface area contributed by atoms with E-state index in [0.717, 1.165) is 34.4 Å². The van der Waals surface area contributed by atoms with E-state index >= 15 is 0 Å². The molecule has 0 aliphatic rings. The van der Waals surface area contributed by atoms with E-state index in [-0.39, 0.29) is 0 Å². The van der Waals surface area contributed by atoms with Gasteiger partial charge in [-0.1, -0.05) is 84.1 Å². The van der Waals surface area contributed by atoms with E-state index in [2.05, 4.69) is 13.8 Å². The molecule has 1 aromatic carbocycles. The van der Waals surface area contributed by atoms with E-state index in [4.69, 9.17) is 9.47 Å². The standard InChI is InChI=1S/C24H38O3S/c1-3-5-7-9-11-13-18-26-21-16-15-17-23-24(21)22(20-28(23)25)27-19-14-12-10-8-6-4-2/h15-17,20H,3-14,18-19H2,1-2H3. The largest absolute Gasteiger partial charge is 0.590 e. The molecule has 2 aromatic rings. The van der Waals surface area contributed by atoms with Crippen molar-refractivity contribution in [2.75, 3.05) is 13.2 Å². The molecule has 28 heavy (non-hydrogen) atoms. The van der Waals surface area contributed by atoms with Gasteiger partial charge < -0.3 is 14.0 Å². The van der Waals surface area contributed by atoms with Crippen molar-refractivity contribution in [3.8, 4) is 11.5 Å². The van der Waals surface area contributed by atoms with Gasteiger partial charge in [-0.3, -0.25) is 0 Å². The third-order valence-corrected chi connectivity index (χ3v) is 6.38. The maximum Gasteiger partial charge on any atom is 0.187 e. The number of benzene rings is 1. The molecule has 0 amide bonds. The lowest BCUT2D eigenvalue weighted by Gasteiger charge is -2.09. The van der Waals surface area contributed by atoms with Gasteiger partial charge in [0.25, 0.3) is 0 Å². The fraction of sp³-hybridized carbons (Fsp3) is 0.667. The number of fused-ring (bicyclic) bond motifs is 1. The van der Waals surface area contributed by atoms with Gasteiger partial charge in [-0.25, -0.2) is 0 Å². The summed E-state index contributed by atoms with van der Waals surface area (Å²) in [6.07, 6.45) is 14.9. The van der Waals surface area contributed by atoms with Crippen LogP contribution in [0.1, 0.15) is 90.9 Å². The summed E-state index contributed by atoms with van der Waals surface area (Å²) < 4.78 is 25.3. The van der Waals surface area contributed by atoms with Gasteiger partial charge in [0.1, 0.15) is 11.1 Å². The third kappa shape index (κ3) is 7.63. The van der Waals surface area contributed by atoms with Gasteiger partial charge in [-0.05, 0) is 35.7 Å². The molecule has 0 fully saturated rings. The molecule has 4 heteroatoms. The summed E-state index contributed by atoms with van der Waals surface area (Å²) in [7, 11) is -1.13. The Hall–Kier alpha value is -1.26. The van der Waals surface area contributed by atoms with Crippen LogP contribution in [-0.2, 0) is 0 Å². The summed E-state index contributed by atoms with van der Waals surface area (Å²) in [5.74, 6) is 1.55. The van der Waals surface area contributed by atoms with Crippen molar-refractivity contribution in [2.45, 2.75) is 90.9 Å². The zero-order valence-corrected chi connectivity index (χ0v) is 18.7. The van der Waals surface area contributed by atoms with Crippen LogP contribution in [0.4, 0.5) is 0 Å². The second kappa shape index (κ2) is 13.8. The number of rotatable bonds is 16. The summed E-state index contributed by atoms with van der Waals surface area (Å²) in [6, 6.07) is 5.82. The monoisotopic (exact) mass is 406 g/mol. The van der Waals surface area contributed by atoms with Gasteiger partial charge in [0.05, 0.1) is 13.2 Å². The molecule has 0 aliphatic carbocycles. The average molecular weight is 407 g/mol. The molecule has 158 valence electrons. The topological polar surface area (TPSA) is 41.5 Å². The number of hydrogen-bond acceptors (Lipinski definition) is 3. The molecule has 0 aliphatic heterocycles. The molecule has 0 radical (unpaired) electrons. The van der Waals surface area contributed by atoms with Gasteiger partial charge in [0.2, 0.25) is 0 Å². The normalized spacial score (nSPS) is 11.9. The molecule has 1 heterocycles. The van der Waals surface area contributed by atoms with E-state index in [1.807, 2.05) is 18.2 Å². The van der Waals surface area contributed by atoms with Crippen LogP contribution in [-0.4, -0.2) is 17.8 Å². The second-order valence-corrected chi connectivity index (χ2v) is 8.91. The number of unbranched alkanes of at least 4 members (excludes halogenated alkanes) is 10. The maximum absolute atomic E-state index is 12.4. The Labute approximate surface area is 174 Å². The van der Waals surface area contributed by atoms with Crippen LogP contribution < -0.4 is 9.47 Å². The lowest BCUT2D eigenvalue weighted by molar-refractivity contribution is 0.298. The smallest absolute Gasteiger partial charge is 0.187 e. The molecular weight excluding hydrogens is 368 g/mol. The first kappa shape index (κ1) is 23.0. The minimum absolute atomic E-state index is 0.681. The van der Waals surface area contributed by atoms with E-state index < -0.39 is 10.8 Å². The Balaban J connectivity index is 1.84. The van der Waals surface area contributed by atoms with E-state index in [9.17, 15) is 4.55 Å². The quantitative estimate of drug-likeness (QED) is 0.209. The molecule has 2 rings (SSSR count). The summed E-state index contributed by atoms with van der Waals surface area (Å²) >= 11 is 0. The van der Waals surface area contributed by atoms with E-state index in [1.165, 1.54) is 64.2 Å². The van der Waals surface area contributed by atoms with Crippen LogP contribution in [0.5, 0.6) is 11.5 Å². The zero-order valence-electron chi connectivity index (χ0n) is 17.8. The van der Waals surface area contributed by atoms with Crippen LogP contribution >= 0.6 is 10.8 Å². The molecular formula is C24H38O3S. The molecule has 1 atom stereocenters. The van der Waals surface area contributed by atoms with Crippen molar-refractivity contribution < 1.29 is 14.0 Å². The predicted molar refractivity (Wildman–Crippen MR) is 120 cm³/mol. The highest BCUT2D eigenvalue weighted by atomic mass is 32.2. The maximum atomic E-state index is 12.4. The molecule has 0 saturated carbocycles. The van der Waals surface area contributed by atoms with Crippen molar-refractivity contribution in [3.63, 3.8) is 0 Å². The molecule has 0 N–H and O–H groups in total. The van der Waals surface area contributed by atoms with Crippen molar-refractivity contribution >= 4 is 20.8 Å². The lowest BCUT2D eigenvalue weighted by Crippen LogP contribution is -2.00. The highest BCUT2D eigenvalue weighted by molar-refractivity contribution is 7.30. The fourth-order valence-electron chi connectivity index (χ4n) is 3.50. The Morgan fingerprint density at radius 3 is 1.86 bits per heavy atom. The van der Waals surface area contributed by atoms with Crippen molar-refractivity contribution in [2.24, 2.45) is 0 Å². The second-order valence-electron chi connectivity index (χ2n) is 7.64. The molecule has 0 bridgehead atoms. The summed E-state index contributed by atoms with van der Waals surface area (Å²) in [5, 5.41) is 2.64. The first-order valence-corrected chi connectivity index (χ1v) is 12.5. The third-order valence-electron chi connectivity index (χ3n) is 5.18. The SMILES string of the molecule is CCCCCCCCOc1cccc2c1c(OCCCCCCCC)c[s+]2[O-]. The molecule has 0 spiro atoms. The summed E-state index contributed by atoms with van der Waals surface area (Å²) in [6.45, 7) is 5.86.